The largest absolute Gasteiger partial charge is 0.481 e. The van der Waals surface area contributed by atoms with Crippen molar-refractivity contribution in [2.75, 3.05) is 0 Å². The Balaban J connectivity index is 4.36. The average Bonchev–Trinajstić information content (AvgIpc) is 2.24. The van der Waals surface area contributed by atoms with Gasteiger partial charge < -0.3 is 20.8 Å². The molecule has 7 heteroatoms. The monoisotopic (exact) mass is 242 g/mol. The van der Waals surface area contributed by atoms with Crippen LogP contribution in [0.3, 0.4) is 0 Å². The van der Waals surface area contributed by atoms with E-state index in [4.69, 9.17) is 16.6 Å². The van der Waals surface area contributed by atoms with Crippen molar-refractivity contribution < 1.29 is 24.6 Å². The van der Waals surface area contributed by atoms with Gasteiger partial charge in [-0.3, -0.25) is 4.79 Å². The van der Waals surface area contributed by atoms with Crippen LogP contribution in [0.25, 0.3) is 0 Å². The minimum absolute atomic E-state index is 0.487. The molecule has 0 aromatic rings. The van der Waals surface area contributed by atoms with Crippen LogP contribution in [-0.2, 0) is 9.59 Å². The van der Waals surface area contributed by atoms with E-state index in [1.54, 1.807) is 6.92 Å². The van der Waals surface area contributed by atoms with Crippen LogP contribution in [0.1, 0.15) is 19.8 Å². The highest BCUT2D eigenvalue weighted by atomic mass is 16.4. The number of carbonyl (C=O) groups excluding carboxylic acids is 1. The molecule has 4 N–H and O–H groups in total. The number of aliphatic carboxylic acids is 2. The van der Waals surface area contributed by atoms with Gasteiger partial charge in [0.2, 0.25) is 0 Å². The van der Waals surface area contributed by atoms with Crippen LogP contribution in [0.2, 0.25) is 0 Å². The van der Waals surface area contributed by atoms with Crippen LogP contribution in [0.15, 0.2) is 0 Å². The third-order valence-electron chi connectivity index (χ3n) is 1.90. The molecule has 0 rings (SSSR count). The topological polar surface area (TPSA) is 116 Å². The molecule has 94 valence electrons. The lowest BCUT2D eigenvalue weighted by atomic mass is 10.2. The van der Waals surface area contributed by atoms with Gasteiger partial charge in [0.05, 0.1) is 12.5 Å². The molecule has 0 aromatic heterocycles. The Kier molecular flexibility index (Phi) is 6.18. The highest BCUT2D eigenvalue weighted by Crippen LogP contribution is 1.94. The molecule has 0 bridgehead atoms. The summed E-state index contributed by atoms with van der Waals surface area (Å²) in [5, 5.41) is 21.5. The molecule has 0 spiro atoms. The molecule has 0 saturated heterocycles. The molecule has 17 heavy (non-hydrogen) atoms. The second kappa shape index (κ2) is 7.11. The Labute approximate surface area is 98.2 Å². The molecule has 0 fully saturated rings. The fourth-order valence-electron chi connectivity index (χ4n) is 0.994. The van der Waals surface area contributed by atoms with Gasteiger partial charge in [-0.2, -0.15) is 0 Å². The maximum Gasteiger partial charge on any atom is 0.326 e. The Morgan fingerprint density at radius 1 is 1.29 bits per heavy atom. The van der Waals surface area contributed by atoms with Gasteiger partial charge in [0.15, 0.2) is 0 Å². The van der Waals surface area contributed by atoms with E-state index in [0.717, 1.165) is 0 Å². The maximum atomic E-state index is 11.3. The zero-order valence-electron chi connectivity index (χ0n) is 9.27. The summed E-state index contributed by atoms with van der Waals surface area (Å²) < 4.78 is 0. The molecule has 0 saturated carbocycles. The summed E-state index contributed by atoms with van der Waals surface area (Å²) in [5.74, 6) is -0.448. The predicted octanol–water partition coefficient (Wildman–Crippen LogP) is -0.375. The van der Waals surface area contributed by atoms with Crippen molar-refractivity contribution >= 4 is 18.0 Å². The van der Waals surface area contributed by atoms with Crippen LogP contribution in [0.5, 0.6) is 0 Å². The van der Waals surface area contributed by atoms with E-state index in [9.17, 15) is 14.4 Å². The smallest absolute Gasteiger partial charge is 0.326 e. The zero-order chi connectivity index (χ0) is 13.4. The van der Waals surface area contributed by atoms with Crippen LogP contribution < -0.4 is 10.6 Å². The number of terminal acetylenes is 1. The first-order valence-corrected chi connectivity index (χ1v) is 4.88. The Hall–Kier alpha value is -2.23. The van der Waals surface area contributed by atoms with Crippen LogP contribution in [-0.4, -0.2) is 40.3 Å². The van der Waals surface area contributed by atoms with Crippen molar-refractivity contribution in [2.24, 2.45) is 0 Å². The Morgan fingerprint density at radius 3 is 2.24 bits per heavy atom. The molecule has 2 amide bonds. The van der Waals surface area contributed by atoms with Crippen molar-refractivity contribution in [3.05, 3.63) is 0 Å². The van der Waals surface area contributed by atoms with Crippen LogP contribution in [0, 0.1) is 12.3 Å². The maximum absolute atomic E-state index is 11.3. The zero-order valence-corrected chi connectivity index (χ0v) is 9.27. The summed E-state index contributed by atoms with van der Waals surface area (Å²) >= 11 is 0. The first-order chi connectivity index (χ1) is 7.90. The van der Waals surface area contributed by atoms with E-state index in [1.807, 2.05) is 5.32 Å². The van der Waals surface area contributed by atoms with Gasteiger partial charge in [0, 0.05) is 0 Å². The highest BCUT2D eigenvalue weighted by molar-refractivity contribution is 5.86. The van der Waals surface area contributed by atoms with E-state index < -0.39 is 36.5 Å². The van der Waals surface area contributed by atoms with Crippen molar-refractivity contribution in [3.63, 3.8) is 0 Å². The van der Waals surface area contributed by atoms with Gasteiger partial charge in [0.1, 0.15) is 6.04 Å². The van der Waals surface area contributed by atoms with Crippen molar-refractivity contribution in [1.82, 2.24) is 10.6 Å². The summed E-state index contributed by atoms with van der Waals surface area (Å²) in [4.78, 5) is 32.3. The quantitative estimate of drug-likeness (QED) is 0.474. The van der Waals surface area contributed by atoms with E-state index in [2.05, 4.69) is 11.2 Å². The number of hydrogen-bond donors (Lipinski definition) is 4. The van der Waals surface area contributed by atoms with Crippen molar-refractivity contribution in [1.29, 1.82) is 0 Å². The number of amides is 2. The summed E-state index contributed by atoms with van der Waals surface area (Å²) in [6.07, 6.45) is 4.89. The van der Waals surface area contributed by atoms with Crippen LogP contribution in [0.4, 0.5) is 4.79 Å². The summed E-state index contributed by atoms with van der Waals surface area (Å²) in [7, 11) is 0. The molecular weight excluding hydrogens is 228 g/mol. The van der Waals surface area contributed by atoms with E-state index in [-0.39, 0.29) is 0 Å². The summed E-state index contributed by atoms with van der Waals surface area (Å²) in [6.45, 7) is 1.75. The van der Waals surface area contributed by atoms with Gasteiger partial charge in [-0.25, -0.2) is 9.59 Å². The number of nitrogens with one attached hydrogen (secondary N) is 2. The number of carboxylic acid groups (broad SMARTS) is 2. The number of hydrogen-bond acceptors (Lipinski definition) is 3. The van der Waals surface area contributed by atoms with Gasteiger partial charge in [-0.15, -0.1) is 6.42 Å². The molecule has 0 radical (unpaired) electrons. The van der Waals surface area contributed by atoms with E-state index in [1.165, 1.54) is 0 Å². The number of carboxylic acids is 2. The number of urea groups is 1. The lowest BCUT2D eigenvalue weighted by Crippen LogP contribution is -2.49. The molecule has 0 aliphatic rings. The molecule has 2 atom stereocenters. The molecule has 0 aliphatic heterocycles. The van der Waals surface area contributed by atoms with E-state index >= 15 is 0 Å². The third kappa shape index (κ3) is 6.04. The van der Waals surface area contributed by atoms with E-state index in [0.29, 0.717) is 6.42 Å². The predicted molar refractivity (Wildman–Crippen MR) is 58.3 cm³/mol. The Bertz CT molecular complexity index is 347. The number of rotatable bonds is 6. The van der Waals surface area contributed by atoms with Crippen molar-refractivity contribution in [3.8, 4) is 12.3 Å². The van der Waals surface area contributed by atoms with Crippen molar-refractivity contribution in [2.45, 2.75) is 31.8 Å². The molecule has 7 nitrogen and oxygen atoms in total. The van der Waals surface area contributed by atoms with Crippen LogP contribution >= 0.6 is 0 Å². The SMILES string of the molecule is C#CC(CC)NC(=O)N[C@H](CC(=O)O)C(=O)O. The van der Waals surface area contributed by atoms with Gasteiger partial charge in [-0.1, -0.05) is 12.8 Å². The second-order valence-electron chi connectivity index (χ2n) is 3.23. The Morgan fingerprint density at radius 2 is 1.88 bits per heavy atom. The second-order valence-corrected chi connectivity index (χ2v) is 3.23. The first kappa shape index (κ1) is 14.8. The highest BCUT2D eigenvalue weighted by Gasteiger charge is 2.23. The molecule has 1 unspecified atom stereocenters. The number of carbonyl (C=O) groups is 3. The average molecular weight is 242 g/mol. The minimum Gasteiger partial charge on any atom is -0.481 e. The lowest BCUT2D eigenvalue weighted by molar-refractivity contribution is -0.145. The molecule has 0 heterocycles. The molecular formula is C10H14N2O5. The minimum atomic E-state index is -1.48. The first-order valence-electron chi connectivity index (χ1n) is 4.88. The third-order valence-corrected chi connectivity index (χ3v) is 1.90. The van der Waals surface area contributed by atoms with Gasteiger partial charge in [-0.05, 0) is 6.42 Å². The van der Waals surface area contributed by atoms with Gasteiger partial charge in [0.25, 0.3) is 0 Å². The fourth-order valence-corrected chi connectivity index (χ4v) is 0.994. The van der Waals surface area contributed by atoms with Gasteiger partial charge >= 0.3 is 18.0 Å². The standard InChI is InChI=1S/C10H14N2O5/c1-3-6(4-2)11-10(17)12-7(9(15)16)5-8(13)14/h1,6-7H,4-5H2,2H3,(H,13,14)(H,15,16)(H2,11,12,17)/t6?,7-/m1/s1. The normalized spacial score (nSPS) is 12.9. The fraction of sp³-hybridized carbons (Fsp3) is 0.500. The lowest BCUT2D eigenvalue weighted by Gasteiger charge is -2.15. The molecule has 0 aliphatic carbocycles. The summed E-state index contributed by atoms with van der Waals surface area (Å²) in [6, 6.07) is -2.81. The molecule has 0 aromatic carbocycles. The summed E-state index contributed by atoms with van der Waals surface area (Å²) in [5.41, 5.74) is 0.